The summed E-state index contributed by atoms with van der Waals surface area (Å²) in [5, 5.41) is 9.77. The average molecular weight is 568 g/mol. The highest BCUT2D eigenvalue weighted by Gasteiger charge is 2.24. The Kier molecular flexibility index (Phi) is 12.3. The number of nitrogens with one attached hydrogen (secondary N) is 3. The van der Waals surface area contributed by atoms with Gasteiger partial charge in [-0.2, -0.15) is 0 Å². The van der Waals surface area contributed by atoms with Gasteiger partial charge >= 0.3 is 0 Å². The lowest BCUT2D eigenvalue weighted by atomic mass is 10.1. The molecule has 33 heavy (non-hydrogen) atoms. The van der Waals surface area contributed by atoms with Gasteiger partial charge in [0.25, 0.3) is 5.91 Å². The molecule has 8 heteroatoms. The van der Waals surface area contributed by atoms with Crippen LogP contribution >= 0.6 is 24.0 Å². The molecular formula is C25H38IN5O2. The van der Waals surface area contributed by atoms with Crippen molar-refractivity contribution in [1.82, 2.24) is 20.9 Å². The lowest BCUT2D eigenvalue weighted by Crippen LogP contribution is -2.44. The maximum absolute atomic E-state index is 12.2. The Morgan fingerprint density at radius 2 is 1.85 bits per heavy atom. The number of amides is 1. The second-order valence-electron chi connectivity index (χ2n) is 8.24. The first-order valence-corrected chi connectivity index (χ1v) is 11.8. The van der Waals surface area contributed by atoms with Crippen molar-refractivity contribution in [2.45, 2.75) is 51.6 Å². The second-order valence-corrected chi connectivity index (χ2v) is 8.24. The number of rotatable bonds is 10. The van der Waals surface area contributed by atoms with E-state index in [1.165, 1.54) is 19.3 Å². The van der Waals surface area contributed by atoms with Crippen LogP contribution in [-0.4, -0.2) is 50.0 Å². The largest absolute Gasteiger partial charge is 0.468 e. The first kappa shape index (κ1) is 27.2. The molecule has 0 radical (unpaired) electrons. The Balaban J connectivity index is 0.00000385. The summed E-state index contributed by atoms with van der Waals surface area (Å²) in [5.74, 6) is 1.72. The average Bonchev–Trinajstić information content (AvgIpc) is 3.37. The molecule has 3 N–H and O–H groups in total. The van der Waals surface area contributed by atoms with E-state index in [-0.39, 0.29) is 35.9 Å². The molecule has 1 unspecified atom stereocenters. The van der Waals surface area contributed by atoms with Crippen LogP contribution in [0.25, 0.3) is 0 Å². The van der Waals surface area contributed by atoms with Gasteiger partial charge < -0.3 is 20.4 Å². The lowest BCUT2D eigenvalue weighted by molar-refractivity contribution is 0.0953. The molecule has 1 fully saturated rings. The molecular weight excluding hydrogens is 529 g/mol. The quantitative estimate of drug-likeness (QED) is 0.173. The number of nitrogens with zero attached hydrogens (tertiary/aromatic N) is 2. The smallest absolute Gasteiger partial charge is 0.251 e. The van der Waals surface area contributed by atoms with Gasteiger partial charge in [0.1, 0.15) is 5.76 Å². The molecule has 1 aromatic carbocycles. The first-order chi connectivity index (χ1) is 15.7. The summed E-state index contributed by atoms with van der Waals surface area (Å²) in [4.78, 5) is 19.0. The number of hydrogen-bond donors (Lipinski definition) is 3. The topological polar surface area (TPSA) is 81.9 Å². The van der Waals surface area contributed by atoms with Crippen molar-refractivity contribution < 1.29 is 9.21 Å². The molecule has 182 valence electrons. The van der Waals surface area contributed by atoms with Gasteiger partial charge in [0.2, 0.25) is 0 Å². The van der Waals surface area contributed by atoms with E-state index in [0.29, 0.717) is 12.1 Å². The van der Waals surface area contributed by atoms with Crippen molar-refractivity contribution in [2.75, 3.05) is 33.2 Å². The molecule has 3 rings (SSSR count). The molecule has 1 atom stereocenters. The van der Waals surface area contributed by atoms with Gasteiger partial charge in [-0.05, 0) is 62.2 Å². The molecule has 1 aromatic heterocycles. The Morgan fingerprint density at radius 1 is 1.09 bits per heavy atom. The fourth-order valence-electron chi connectivity index (χ4n) is 3.98. The first-order valence-electron chi connectivity index (χ1n) is 11.8. The van der Waals surface area contributed by atoms with Gasteiger partial charge in [-0.1, -0.05) is 31.9 Å². The van der Waals surface area contributed by atoms with Crippen LogP contribution in [0.3, 0.4) is 0 Å². The number of carbonyl (C=O) groups is 1. The number of benzene rings is 1. The maximum atomic E-state index is 12.2. The molecule has 0 bridgehead atoms. The van der Waals surface area contributed by atoms with Crippen molar-refractivity contribution in [3.05, 3.63) is 59.5 Å². The zero-order chi connectivity index (χ0) is 22.6. The van der Waals surface area contributed by atoms with Gasteiger partial charge in [0, 0.05) is 32.2 Å². The number of guanidine groups is 1. The van der Waals surface area contributed by atoms with Crippen LogP contribution in [0.2, 0.25) is 0 Å². The van der Waals surface area contributed by atoms with E-state index in [2.05, 4.69) is 38.8 Å². The van der Waals surface area contributed by atoms with Gasteiger partial charge in [0.05, 0.1) is 12.3 Å². The summed E-state index contributed by atoms with van der Waals surface area (Å²) < 4.78 is 5.73. The Labute approximate surface area is 214 Å². The van der Waals surface area contributed by atoms with Crippen molar-refractivity contribution in [2.24, 2.45) is 4.99 Å². The van der Waals surface area contributed by atoms with Gasteiger partial charge in [-0.15, -0.1) is 24.0 Å². The number of halogens is 1. The number of aliphatic imine (C=N–C) groups is 1. The number of unbranched alkanes of at least 4 members (excludes halogenated alkanes) is 1. The van der Waals surface area contributed by atoms with Gasteiger partial charge in [0.15, 0.2) is 5.96 Å². The highest BCUT2D eigenvalue weighted by molar-refractivity contribution is 14.0. The molecule has 0 saturated carbocycles. The second kappa shape index (κ2) is 15.0. The van der Waals surface area contributed by atoms with E-state index in [0.717, 1.165) is 56.3 Å². The van der Waals surface area contributed by atoms with E-state index in [9.17, 15) is 4.79 Å². The maximum Gasteiger partial charge on any atom is 0.251 e. The van der Waals surface area contributed by atoms with Crippen LogP contribution in [-0.2, 0) is 6.54 Å². The van der Waals surface area contributed by atoms with Crippen molar-refractivity contribution in [3.63, 3.8) is 0 Å². The summed E-state index contributed by atoms with van der Waals surface area (Å²) in [6.45, 7) is 6.38. The van der Waals surface area contributed by atoms with Crippen molar-refractivity contribution >= 4 is 35.8 Å². The Bertz CT molecular complexity index is 833. The fraction of sp³-hybridized carbons (Fsp3) is 0.520. The number of hydrogen-bond acceptors (Lipinski definition) is 4. The van der Waals surface area contributed by atoms with Crippen LogP contribution in [0.5, 0.6) is 0 Å². The Hall–Kier alpha value is -2.07. The van der Waals surface area contributed by atoms with E-state index in [1.54, 1.807) is 13.3 Å². The highest BCUT2D eigenvalue weighted by Crippen LogP contribution is 2.24. The standard InChI is InChI=1S/C25H37N5O2.HI/c1-3-4-14-27-24(31)21-12-10-20(11-13-21)18-28-25(26-2)29-19-22(23-9-8-17-32-23)30-15-6-5-7-16-30;/h8-13,17,22H,3-7,14-16,18-19H2,1-2H3,(H,27,31)(H2,26,28,29);1H. The third kappa shape index (κ3) is 8.66. The molecule has 0 aliphatic carbocycles. The SMILES string of the molecule is CCCCNC(=O)c1ccc(CNC(=NC)NCC(c2ccco2)N2CCCCC2)cc1.I. The van der Waals surface area contributed by atoms with Crippen molar-refractivity contribution in [3.8, 4) is 0 Å². The summed E-state index contributed by atoms with van der Waals surface area (Å²) in [6.07, 6.45) is 7.58. The third-order valence-corrected chi connectivity index (χ3v) is 5.88. The minimum absolute atomic E-state index is 0. The van der Waals surface area contributed by atoms with E-state index in [1.807, 2.05) is 30.3 Å². The van der Waals surface area contributed by atoms with Crippen molar-refractivity contribution in [1.29, 1.82) is 0 Å². The minimum Gasteiger partial charge on any atom is -0.468 e. The lowest BCUT2D eigenvalue weighted by Gasteiger charge is -2.33. The van der Waals surface area contributed by atoms with Gasteiger partial charge in [-0.25, -0.2) is 0 Å². The normalized spacial score (nSPS) is 15.4. The predicted octanol–water partition coefficient (Wildman–Crippen LogP) is 4.32. The van der Waals surface area contributed by atoms with Crippen LogP contribution in [0.15, 0.2) is 52.1 Å². The number of furan rings is 1. The molecule has 1 saturated heterocycles. The van der Waals surface area contributed by atoms with Crippen LogP contribution in [0, 0.1) is 0 Å². The molecule has 2 aromatic rings. The summed E-state index contributed by atoms with van der Waals surface area (Å²) in [7, 11) is 1.78. The summed E-state index contributed by atoms with van der Waals surface area (Å²) in [6, 6.07) is 11.9. The number of piperidine rings is 1. The molecule has 0 spiro atoms. The summed E-state index contributed by atoms with van der Waals surface area (Å²) >= 11 is 0. The minimum atomic E-state index is -0.0166. The third-order valence-electron chi connectivity index (χ3n) is 5.88. The monoisotopic (exact) mass is 567 g/mol. The molecule has 7 nitrogen and oxygen atoms in total. The summed E-state index contributed by atoms with van der Waals surface area (Å²) in [5.41, 5.74) is 1.78. The number of carbonyl (C=O) groups excluding carboxylic acids is 1. The van der Waals surface area contributed by atoms with E-state index >= 15 is 0 Å². The van der Waals surface area contributed by atoms with E-state index in [4.69, 9.17) is 4.42 Å². The van der Waals surface area contributed by atoms with Crippen LogP contribution in [0.1, 0.15) is 66.8 Å². The number of likely N-dealkylation sites (tertiary alicyclic amines) is 1. The zero-order valence-electron chi connectivity index (χ0n) is 19.8. The highest BCUT2D eigenvalue weighted by atomic mass is 127. The fourth-order valence-corrected chi connectivity index (χ4v) is 3.98. The molecule has 1 amide bonds. The Morgan fingerprint density at radius 3 is 2.48 bits per heavy atom. The van der Waals surface area contributed by atoms with Crippen LogP contribution in [0.4, 0.5) is 0 Å². The van der Waals surface area contributed by atoms with Crippen LogP contribution < -0.4 is 16.0 Å². The van der Waals surface area contributed by atoms with Gasteiger partial charge in [-0.3, -0.25) is 14.7 Å². The van der Waals surface area contributed by atoms with E-state index < -0.39 is 0 Å². The molecule has 2 heterocycles. The zero-order valence-corrected chi connectivity index (χ0v) is 22.1. The predicted molar refractivity (Wildman–Crippen MR) is 144 cm³/mol. The molecule has 1 aliphatic heterocycles. The molecule has 1 aliphatic rings.